The van der Waals surface area contributed by atoms with Crippen LogP contribution in [0.15, 0.2) is 42.7 Å². The number of fused-ring (bicyclic) bond motifs is 1. The maximum Gasteiger partial charge on any atom is 0.251 e. The third-order valence-corrected chi connectivity index (χ3v) is 3.69. The van der Waals surface area contributed by atoms with Crippen LogP contribution in [0.5, 0.6) is 0 Å². The molecule has 2 aromatic heterocycles. The molecule has 0 unspecified atom stereocenters. The molecule has 0 atom stereocenters. The molecule has 0 aliphatic rings. The van der Waals surface area contributed by atoms with Crippen molar-refractivity contribution < 1.29 is 4.79 Å². The second-order valence-corrected chi connectivity index (χ2v) is 5.34. The van der Waals surface area contributed by atoms with Gasteiger partial charge >= 0.3 is 0 Å². The standard InChI is InChI=1S/C14H12N4OS/c15-14-18-11-4-3-10(6-12(11)20-14)13(19)17-8-9-2-1-5-16-7-9/h1-7H,8H2,(H2,15,18)(H,17,19). The highest BCUT2D eigenvalue weighted by molar-refractivity contribution is 7.22. The van der Waals surface area contributed by atoms with Crippen molar-refractivity contribution in [2.24, 2.45) is 0 Å². The third kappa shape index (κ3) is 2.60. The van der Waals surface area contributed by atoms with Crippen LogP contribution in [-0.2, 0) is 6.54 Å². The fourth-order valence-corrected chi connectivity index (χ4v) is 2.64. The third-order valence-electron chi connectivity index (χ3n) is 2.84. The summed E-state index contributed by atoms with van der Waals surface area (Å²) in [6.07, 6.45) is 3.43. The van der Waals surface area contributed by atoms with Crippen LogP contribution >= 0.6 is 11.3 Å². The number of pyridine rings is 1. The van der Waals surface area contributed by atoms with E-state index in [1.54, 1.807) is 24.5 Å². The Hall–Kier alpha value is -2.47. The van der Waals surface area contributed by atoms with Crippen molar-refractivity contribution in [2.75, 3.05) is 5.73 Å². The van der Waals surface area contributed by atoms with Crippen molar-refractivity contribution in [3.8, 4) is 0 Å². The first-order valence-electron chi connectivity index (χ1n) is 6.05. The van der Waals surface area contributed by atoms with Gasteiger partial charge in [-0.05, 0) is 29.8 Å². The van der Waals surface area contributed by atoms with Crippen molar-refractivity contribution in [1.29, 1.82) is 0 Å². The summed E-state index contributed by atoms with van der Waals surface area (Å²) in [4.78, 5) is 20.3. The van der Waals surface area contributed by atoms with Crippen LogP contribution in [0.4, 0.5) is 5.13 Å². The summed E-state index contributed by atoms with van der Waals surface area (Å²) in [6, 6.07) is 9.12. The number of nitrogens with one attached hydrogen (secondary N) is 1. The van der Waals surface area contributed by atoms with E-state index in [0.29, 0.717) is 17.2 Å². The molecular formula is C14H12N4OS. The lowest BCUT2D eigenvalue weighted by Gasteiger charge is -2.04. The van der Waals surface area contributed by atoms with Crippen molar-refractivity contribution in [3.63, 3.8) is 0 Å². The van der Waals surface area contributed by atoms with Crippen molar-refractivity contribution in [3.05, 3.63) is 53.9 Å². The number of carbonyl (C=O) groups excluding carboxylic acids is 1. The molecule has 0 saturated carbocycles. The summed E-state index contributed by atoms with van der Waals surface area (Å²) >= 11 is 1.37. The van der Waals surface area contributed by atoms with Crippen LogP contribution in [0.25, 0.3) is 10.2 Å². The number of hydrogen-bond acceptors (Lipinski definition) is 5. The molecule has 20 heavy (non-hydrogen) atoms. The number of aromatic nitrogens is 2. The topological polar surface area (TPSA) is 80.9 Å². The van der Waals surface area contributed by atoms with Gasteiger partial charge in [0.15, 0.2) is 5.13 Å². The lowest BCUT2D eigenvalue weighted by molar-refractivity contribution is 0.0951. The van der Waals surface area contributed by atoms with Crippen LogP contribution in [0.1, 0.15) is 15.9 Å². The number of nitrogens with zero attached hydrogens (tertiary/aromatic N) is 2. The molecule has 0 radical (unpaired) electrons. The van der Waals surface area contributed by atoms with Crippen LogP contribution in [0, 0.1) is 0 Å². The fraction of sp³-hybridized carbons (Fsp3) is 0.0714. The first-order chi connectivity index (χ1) is 9.72. The van der Waals surface area contributed by atoms with Gasteiger partial charge in [-0.25, -0.2) is 4.98 Å². The predicted molar refractivity (Wildman–Crippen MR) is 79.4 cm³/mol. The SMILES string of the molecule is Nc1nc2ccc(C(=O)NCc3cccnc3)cc2s1. The first kappa shape index (κ1) is 12.6. The van der Waals surface area contributed by atoms with Gasteiger partial charge in [-0.2, -0.15) is 0 Å². The minimum Gasteiger partial charge on any atom is -0.375 e. The molecule has 3 N–H and O–H groups in total. The highest BCUT2D eigenvalue weighted by Gasteiger charge is 2.08. The molecule has 1 aromatic carbocycles. The van der Waals surface area contributed by atoms with Crippen LogP contribution < -0.4 is 11.1 Å². The molecule has 0 saturated heterocycles. The monoisotopic (exact) mass is 284 g/mol. The van der Waals surface area contributed by atoms with E-state index in [1.807, 2.05) is 18.2 Å². The molecule has 0 bridgehead atoms. The van der Waals surface area contributed by atoms with Gasteiger partial charge in [0.1, 0.15) is 0 Å². The second kappa shape index (κ2) is 5.26. The van der Waals surface area contributed by atoms with Crippen LogP contribution in [0.2, 0.25) is 0 Å². The Morgan fingerprint density at radius 3 is 3.05 bits per heavy atom. The number of thiazole rings is 1. The molecule has 6 heteroatoms. The molecule has 5 nitrogen and oxygen atoms in total. The number of anilines is 1. The molecule has 0 aliphatic heterocycles. The van der Waals surface area contributed by atoms with Gasteiger partial charge in [0.25, 0.3) is 5.91 Å². The number of nitrogen functional groups attached to an aromatic ring is 1. The zero-order valence-electron chi connectivity index (χ0n) is 10.5. The van der Waals surface area contributed by atoms with E-state index in [1.165, 1.54) is 11.3 Å². The minimum absolute atomic E-state index is 0.122. The van der Waals surface area contributed by atoms with Gasteiger partial charge in [0.05, 0.1) is 10.2 Å². The Bertz CT molecular complexity index is 754. The largest absolute Gasteiger partial charge is 0.375 e. The van der Waals surface area contributed by atoms with Crippen molar-refractivity contribution in [2.45, 2.75) is 6.54 Å². The average Bonchev–Trinajstić information content (AvgIpc) is 2.85. The van der Waals surface area contributed by atoms with Gasteiger partial charge in [-0.15, -0.1) is 0 Å². The van der Waals surface area contributed by atoms with E-state index < -0.39 is 0 Å². The fourth-order valence-electron chi connectivity index (χ4n) is 1.87. The summed E-state index contributed by atoms with van der Waals surface area (Å²) in [6.45, 7) is 0.454. The number of rotatable bonds is 3. The van der Waals surface area contributed by atoms with Crippen molar-refractivity contribution in [1.82, 2.24) is 15.3 Å². The summed E-state index contributed by atoms with van der Waals surface area (Å²) < 4.78 is 0.913. The summed E-state index contributed by atoms with van der Waals surface area (Å²) in [5.74, 6) is -0.122. The lowest BCUT2D eigenvalue weighted by atomic mass is 10.2. The Kier molecular flexibility index (Phi) is 3.30. The van der Waals surface area contributed by atoms with Gasteiger partial charge in [0.2, 0.25) is 0 Å². The van der Waals surface area contributed by atoms with Gasteiger partial charge in [0, 0.05) is 24.5 Å². The maximum absolute atomic E-state index is 12.1. The Labute approximate surface area is 119 Å². The molecule has 2 heterocycles. The molecule has 100 valence electrons. The van der Waals surface area contributed by atoms with Crippen LogP contribution in [-0.4, -0.2) is 15.9 Å². The lowest BCUT2D eigenvalue weighted by Crippen LogP contribution is -2.22. The van der Waals surface area contributed by atoms with E-state index in [-0.39, 0.29) is 5.91 Å². The number of benzene rings is 1. The number of hydrogen-bond donors (Lipinski definition) is 2. The Morgan fingerprint density at radius 2 is 2.25 bits per heavy atom. The maximum atomic E-state index is 12.1. The first-order valence-corrected chi connectivity index (χ1v) is 6.87. The quantitative estimate of drug-likeness (QED) is 0.772. The van der Waals surface area contributed by atoms with E-state index in [0.717, 1.165) is 15.8 Å². The summed E-state index contributed by atoms with van der Waals surface area (Å²) in [7, 11) is 0. The Balaban J connectivity index is 1.75. The van der Waals surface area contributed by atoms with E-state index in [2.05, 4.69) is 15.3 Å². The van der Waals surface area contributed by atoms with Crippen LogP contribution in [0.3, 0.4) is 0 Å². The number of nitrogens with two attached hydrogens (primary N) is 1. The van der Waals surface area contributed by atoms with E-state index in [4.69, 9.17) is 5.73 Å². The number of amides is 1. The highest BCUT2D eigenvalue weighted by Crippen LogP contribution is 2.24. The molecule has 0 fully saturated rings. The predicted octanol–water partition coefficient (Wildman–Crippen LogP) is 2.20. The van der Waals surface area contributed by atoms with Crippen molar-refractivity contribution >= 4 is 32.6 Å². The van der Waals surface area contributed by atoms with Gasteiger partial charge in [-0.1, -0.05) is 17.4 Å². The van der Waals surface area contributed by atoms with Gasteiger partial charge in [-0.3, -0.25) is 9.78 Å². The molecule has 1 amide bonds. The summed E-state index contributed by atoms with van der Waals surface area (Å²) in [5, 5.41) is 3.37. The van der Waals surface area contributed by atoms with E-state index in [9.17, 15) is 4.79 Å². The number of carbonyl (C=O) groups is 1. The second-order valence-electron chi connectivity index (χ2n) is 4.28. The average molecular weight is 284 g/mol. The molecule has 0 aliphatic carbocycles. The van der Waals surface area contributed by atoms with Gasteiger partial charge < -0.3 is 11.1 Å². The zero-order valence-corrected chi connectivity index (χ0v) is 11.4. The van der Waals surface area contributed by atoms with E-state index >= 15 is 0 Å². The molecule has 0 spiro atoms. The zero-order chi connectivity index (χ0) is 13.9. The molecular weight excluding hydrogens is 272 g/mol. The smallest absolute Gasteiger partial charge is 0.251 e. The minimum atomic E-state index is -0.122. The molecule has 3 rings (SSSR count). The summed E-state index contributed by atoms with van der Waals surface area (Å²) in [5.41, 5.74) is 8.03. The highest BCUT2D eigenvalue weighted by atomic mass is 32.1. The Morgan fingerprint density at radius 1 is 1.35 bits per heavy atom. The normalized spacial score (nSPS) is 10.6. The molecule has 3 aromatic rings.